The van der Waals surface area contributed by atoms with Crippen LogP contribution in [0.4, 0.5) is 0 Å². The van der Waals surface area contributed by atoms with Crippen molar-refractivity contribution in [1.82, 2.24) is 9.97 Å². The van der Waals surface area contributed by atoms with E-state index < -0.39 is 5.97 Å². The van der Waals surface area contributed by atoms with E-state index in [4.69, 9.17) is 4.74 Å². The molecule has 1 aromatic carbocycles. The number of ketones is 1. The number of nitrogens with zero attached hydrogens (tertiary/aromatic N) is 1. The number of H-pyrrole nitrogens is 1. The van der Waals surface area contributed by atoms with E-state index in [-0.39, 0.29) is 11.5 Å². The predicted octanol–water partition coefficient (Wildman–Crippen LogP) is 4.33. The molecule has 2 aromatic heterocycles. The number of thioether (sulfide) groups is 1. The van der Waals surface area contributed by atoms with Gasteiger partial charge in [0.25, 0.3) is 0 Å². The second-order valence-electron chi connectivity index (χ2n) is 5.89. The van der Waals surface area contributed by atoms with Crippen LogP contribution < -0.4 is 0 Å². The number of hydrogen-bond donors (Lipinski definition) is 1. The lowest BCUT2D eigenvalue weighted by Gasteiger charge is -2.05. The van der Waals surface area contributed by atoms with Gasteiger partial charge in [0.2, 0.25) is 0 Å². The maximum absolute atomic E-state index is 12.7. The first-order chi connectivity index (χ1) is 12.5. The lowest BCUT2D eigenvalue weighted by Crippen LogP contribution is -2.08. The first-order valence-corrected chi connectivity index (χ1v) is 9.37. The Morgan fingerprint density at radius 2 is 1.96 bits per heavy atom. The highest BCUT2D eigenvalue weighted by atomic mass is 32.2. The summed E-state index contributed by atoms with van der Waals surface area (Å²) in [5, 5.41) is 1.04. The van der Waals surface area contributed by atoms with E-state index in [0.29, 0.717) is 29.1 Å². The van der Waals surface area contributed by atoms with E-state index in [2.05, 4.69) is 9.97 Å². The van der Waals surface area contributed by atoms with Crippen LogP contribution in [0.3, 0.4) is 0 Å². The Bertz CT molecular complexity index is 973. The van der Waals surface area contributed by atoms with Gasteiger partial charge < -0.3 is 9.72 Å². The molecule has 0 radical (unpaired) electrons. The smallest absolute Gasteiger partial charge is 0.340 e. The molecule has 0 saturated carbocycles. The van der Waals surface area contributed by atoms with E-state index in [1.54, 1.807) is 27.0 Å². The standard InChI is InChI=1S/C20H20N2O3S/c1-4-25-20(24)17-12(2)18(22-13(17)3)15(23)11-26-16-9-5-7-14-8-6-10-21-19(14)16/h5-10,22H,4,11H2,1-3H3. The molecule has 1 N–H and O–H groups in total. The Balaban J connectivity index is 1.80. The number of nitrogens with one attached hydrogen (secondary N) is 1. The molecular weight excluding hydrogens is 348 g/mol. The number of esters is 1. The number of fused-ring (bicyclic) bond motifs is 1. The molecule has 0 fully saturated rings. The highest BCUT2D eigenvalue weighted by Gasteiger charge is 2.22. The minimum Gasteiger partial charge on any atom is -0.462 e. The van der Waals surface area contributed by atoms with Crippen LogP contribution in [-0.2, 0) is 4.74 Å². The predicted molar refractivity (Wildman–Crippen MR) is 103 cm³/mol. The van der Waals surface area contributed by atoms with Crippen molar-refractivity contribution < 1.29 is 14.3 Å². The quantitative estimate of drug-likeness (QED) is 0.398. The van der Waals surface area contributed by atoms with Gasteiger partial charge >= 0.3 is 5.97 Å². The number of aromatic amines is 1. The Hall–Kier alpha value is -2.60. The van der Waals surface area contributed by atoms with E-state index >= 15 is 0 Å². The highest BCUT2D eigenvalue weighted by Crippen LogP contribution is 2.28. The van der Waals surface area contributed by atoms with E-state index in [9.17, 15) is 9.59 Å². The zero-order chi connectivity index (χ0) is 18.7. The van der Waals surface area contributed by atoms with Crippen LogP contribution in [-0.4, -0.2) is 34.1 Å². The molecular formula is C20H20N2O3S. The monoisotopic (exact) mass is 368 g/mol. The van der Waals surface area contributed by atoms with Crippen LogP contribution in [0.5, 0.6) is 0 Å². The highest BCUT2D eigenvalue weighted by molar-refractivity contribution is 8.00. The Morgan fingerprint density at radius 3 is 2.73 bits per heavy atom. The fourth-order valence-electron chi connectivity index (χ4n) is 2.95. The third kappa shape index (κ3) is 3.51. The number of aryl methyl sites for hydroxylation is 1. The molecule has 134 valence electrons. The molecule has 0 saturated heterocycles. The third-order valence-corrected chi connectivity index (χ3v) is 5.20. The van der Waals surface area contributed by atoms with E-state index in [1.807, 2.05) is 30.3 Å². The van der Waals surface area contributed by atoms with Crippen LogP contribution in [0.15, 0.2) is 41.4 Å². The summed E-state index contributed by atoms with van der Waals surface area (Å²) >= 11 is 1.45. The number of benzene rings is 1. The Labute approximate surface area is 156 Å². The number of para-hydroxylation sites is 1. The van der Waals surface area contributed by atoms with Crippen LogP contribution in [0.2, 0.25) is 0 Å². The maximum atomic E-state index is 12.7. The molecule has 0 aliphatic rings. The molecule has 6 heteroatoms. The van der Waals surface area contributed by atoms with Crippen LogP contribution in [0, 0.1) is 13.8 Å². The van der Waals surface area contributed by atoms with Crippen molar-refractivity contribution in [3.63, 3.8) is 0 Å². The van der Waals surface area contributed by atoms with Crippen molar-refractivity contribution >= 4 is 34.4 Å². The summed E-state index contributed by atoms with van der Waals surface area (Å²) in [7, 11) is 0. The molecule has 0 spiro atoms. The van der Waals surface area contributed by atoms with Gasteiger partial charge in [-0.25, -0.2) is 4.79 Å². The largest absolute Gasteiger partial charge is 0.462 e. The molecule has 3 rings (SSSR count). The number of ether oxygens (including phenoxy) is 1. The van der Waals surface area contributed by atoms with Crippen molar-refractivity contribution in [3.05, 3.63) is 59.0 Å². The van der Waals surface area contributed by atoms with Gasteiger partial charge in [0.05, 0.1) is 29.1 Å². The molecule has 5 nitrogen and oxygen atoms in total. The number of pyridine rings is 1. The van der Waals surface area contributed by atoms with Crippen molar-refractivity contribution in [1.29, 1.82) is 0 Å². The van der Waals surface area contributed by atoms with Gasteiger partial charge in [-0.3, -0.25) is 9.78 Å². The average Bonchev–Trinajstić information content (AvgIpc) is 2.94. The molecule has 3 aromatic rings. The summed E-state index contributed by atoms with van der Waals surface area (Å²) in [6, 6.07) is 9.81. The number of carbonyl (C=O) groups excluding carboxylic acids is 2. The summed E-state index contributed by atoms with van der Waals surface area (Å²) in [5.74, 6) is -0.193. The van der Waals surface area contributed by atoms with E-state index in [0.717, 1.165) is 15.8 Å². The zero-order valence-corrected chi connectivity index (χ0v) is 15.8. The summed E-state index contributed by atoms with van der Waals surface area (Å²) in [4.78, 5) is 33.2. The lowest BCUT2D eigenvalue weighted by molar-refractivity contribution is 0.0525. The molecule has 0 aliphatic carbocycles. The second-order valence-corrected chi connectivity index (χ2v) is 6.91. The number of hydrogen-bond acceptors (Lipinski definition) is 5. The van der Waals surface area contributed by atoms with Gasteiger partial charge in [0.15, 0.2) is 5.78 Å². The number of rotatable bonds is 6. The van der Waals surface area contributed by atoms with Crippen molar-refractivity contribution in [3.8, 4) is 0 Å². The maximum Gasteiger partial charge on any atom is 0.340 e. The normalized spacial score (nSPS) is 10.9. The third-order valence-electron chi connectivity index (χ3n) is 4.15. The molecule has 0 bridgehead atoms. The van der Waals surface area contributed by atoms with Gasteiger partial charge in [-0.15, -0.1) is 11.8 Å². The molecule has 0 aliphatic heterocycles. The Kier molecular flexibility index (Phi) is 5.42. The number of Topliss-reactive ketones (excluding diaryl/α,β-unsaturated/α-hetero) is 1. The van der Waals surface area contributed by atoms with Gasteiger partial charge in [-0.2, -0.15) is 0 Å². The van der Waals surface area contributed by atoms with Crippen molar-refractivity contribution in [2.45, 2.75) is 25.7 Å². The number of carbonyl (C=O) groups is 2. The minimum atomic E-state index is -0.399. The summed E-state index contributed by atoms with van der Waals surface area (Å²) in [6.45, 7) is 5.61. The van der Waals surface area contributed by atoms with Gasteiger partial charge in [-0.1, -0.05) is 18.2 Å². The fraction of sp³-hybridized carbons (Fsp3) is 0.250. The zero-order valence-electron chi connectivity index (χ0n) is 15.0. The first-order valence-electron chi connectivity index (χ1n) is 8.39. The lowest BCUT2D eigenvalue weighted by atomic mass is 10.1. The number of aromatic nitrogens is 2. The fourth-order valence-corrected chi connectivity index (χ4v) is 3.86. The Morgan fingerprint density at radius 1 is 1.19 bits per heavy atom. The minimum absolute atomic E-state index is 0.0564. The topological polar surface area (TPSA) is 72.1 Å². The molecule has 2 heterocycles. The van der Waals surface area contributed by atoms with Crippen molar-refractivity contribution in [2.75, 3.05) is 12.4 Å². The molecule has 0 amide bonds. The average molecular weight is 368 g/mol. The second kappa shape index (κ2) is 7.74. The summed E-state index contributed by atoms with van der Waals surface area (Å²) in [5.41, 5.74) is 3.10. The van der Waals surface area contributed by atoms with E-state index in [1.165, 1.54) is 11.8 Å². The van der Waals surface area contributed by atoms with Crippen LogP contribution in [0.25, 0.3) is 10.9 Å². The molecule has 0 unspecified atom stereocenters. The van der Waals surface area contributed by atoms with Gasteiger partial charge in [-0.05, 0) is 38.5 Å². The van der Waals surface area contributed by atoms with Gasteiger partial charge in [0, 0.05) is 22.2 Å². The summed E-state index contributed by atoms with van der Waals surface area (Å²) in [6.07, 6.45) is 1.75. The first kappa shape index (κ1) is 18.2. The SMILES string of the molecule is CCOC(=O)c1c(C)[nH]c(C(=O)CSc2cccc3cccnc23)c1C. The summed E-state index contributed by atoms with van der Waals surface area (Å²) < 4.78 is 5.08. The molecule has 0 atom stereocenters. The van der Waals surface area contributed by atoms with Crippen molar-refractivity contribution in [2.24, 2.45) is 0 Å². The van der Waals surface area contributed by atoms with Crippen LogP contribution in [0.1, 0.15) is 39.0 Å². The van der Waals surface area contributed by atoms with Gasteiger partial charge in [0.1, 0.15) is 0 Å². The van der Waals surface area contributed by atoms with Crippen LogP contribution >= 0.6 is 11.8 Å². The molecule has 26 heavy (non-hydrogen) atoms.